The normalized spacial score (nSPS) is 23.6. The molecule has 5 nitrogen and oxygen atoms in total. The minimum Gasteiger partial charge on any atom is -0.487 e. The maximum Gasteiger partial charge on any atom is 0.272 e. The summed E-state index contributed by atoms with van der Waals surface area (Å²) < 4.78 is 18.6. The van der Waals surface area contributed by atoms with Gasteiger partial charge in [0, 0.05) is 18.9 Å². The third-order valence-corrected chi connectivity index (χ3v) is 2.49. The van der Waals surface area contributed by atoms with Gasteiger partial charge in [-0.3, -0.25) is 10.1 Å². The van der Waals surface area contributed by atoms with Crippen molar-refractivity contribution >= 4 is 5.69 Å². The fourth-order valence-electron chi connectivity index (χ4n) is 1.51. The Morgan fingerprint density at radius 1 is 1.50 bits per heavy atom. The van der Waals surface area contributed by atoms with Crippen LogP contribution in [-0.2, 0) is 0 Å². The highest BCUT2D eigenvalue weighted by atomic mass is 19.1. The van der Waals surface area contributed by atoms with E-state index in [2.05, 4.69) is 0 Å². The van der Waals surface area contributed by atoms with Gasteiger partial charge in [-0.2, -0.15) is 0 Å². The molecule has 0 unspecified atom stereocenters. The van der Waals surface area contributed by atoms with Gasteiger partial charge in [0.25, 0.3) is 5.69 Å². The van der Waals surface area contributed by atoms with Gasteiger partial charge in [0.05, 0.1) is 17.1 Å². The number of nitrogens with zero attached hydrogens (tertiary/aromatic N) is 1. The van der Waals surface area contributed by atoms with Crippen molar-refractivity contribution in [3.8, 4) is 5.75 Å². The Kier molecular flexibility index (Phi) is 2.74. The molecule has 16 heavy (non-hydrogen) atoms. The quantitative estimate of drug-likeness (QED) is 0.629. The van der Waals surface area contributed by atoms with E-state index in [9.17, 15) is 14.5 Å². The second kappa shape index (κ2) is 4.05. The SMILES string of the molecule is O=[N+]([O-])c1ccc(OC2CC(O)C2)c(F)c1. The van der Waals surface area contributed by atoms with E-state index in [4.69, 9.17) is 9.84 Å². The highest BCUT2D eigenvalue weighted by Gasteiger charge is 2.29. The standard InChI is InChI=1S/C10H10FNO4/c11-9-3-6(12(14)15)1-2-10(9)16-8-4-7(13)5-8/h1-3,7-8,13H,4-5H2. The van der Waals surface area contributed by atoms with Crippen LogP contribution in [0.5, 0.6) is 5.75 Å². The van der Waals surface area contributed by atoms with Gasteiger partial charge < -0.3 is 9.84 Å². The summed E-state index contributed by atoms with van der Waals surface area (Å²) in [5.74, 6) is -0.766. The molecule has 1 N–H and O–H groups in total. The van der Waals surface area contributed by atoms with Gasteiger partial charge in [-0.25, -0.2) is 4.39 Å². The number of halogens is 1. The van der Waals surface area contributed by atoms with E-state index in [0.717, 1.165) is 6.07 Å². The highest BCUT2D eigenvalue weighted by Crippen LogP contribution is 2.29. The second-order valence-corrected chi connectivity index (χ2v) is 3.74. The summed E-state index contributed by atoms with van der Waals surface area (Å²) in [4.78, 5) is 9.70. The Morgan fingerprint density at radius 2 is 2.19 bits per heavy atom. The van der Waals surface area contributed by atoms with Crippen molar-refractivity contribution in [2.24, 2.45) is 0 Å². The number of ether oxygens (including phenoxy) is 1. The average molecular weight is 227 g/mol. The fraction of sp³-hybridized carbons (Fsp3) is 0.400. The van der Waals surface area contributed by atoms with Crippen LogP contribution in [0.3, 0.4) is 0 Å². The molecule has 1 aliphatic carbocycles. The highest BCUT2D eigenvalue weighted by molar-refractivity contribution is 5.37. The molecule has 86 valence electrons. The maximum atomic E-state index is 13.3. The number of benzene rings is 1. The van der Waals surface area contributed by atoms with Crippen molar-refractivity contribution in [1.29, 1.82) is 0 Å². The monoisotopic (exact) mass is 227 g/mol. The molecule has 0 aromatic heterocycles. The molecule has 1 aromatic carbocycles. The predicted octanol–water partition coefficient (Wildman–Crippen LogP) is 1.64. The van der Waals surface area contributed by atoms with Gasteiger partial charge >= 0.3 is 0 Å². The largest absolute Gasteiger partial charge is 0.487 e. The summed E-state index contributed by atoms with van der Waals surface area (Å²) in [7, 11) is 0. The van der Waals surface area contributed by atoms with Crippen LogP contribution in [0.4, 0.5) is 10.1 Å². The van der Waals surface area contributed by atoms with Gasteiger partial charge in [0.1, 0.15) is 6.10 Å². The summed E-state index contributed by atoms with van der Waals surface area (Å²) in [6.45, 7) is 0. The van der Waals surface area contributed by atoms with Crippen molar-refractivity contribution in [3.05, 3.63) is 34.1 Å². The molecule has 1 fully saturated rings. The first kappa shape index (κ1) is 10.8. The number of hydrogen-bond donors (Lipinski definition) is 1. The molecule has 1 saturated carbocycles. The van der Waals surface area contributed by atoms with Crippen molar-refractivity contribution in [1.82, 2.24) is 0 Å². The number of nitro benzene ring substituents is 1. The molecule has 2 rings (SSSR count). The molecule has 0 aliphatic heterocycles. The number of non-ortho nitro benzene ring substituents is 1. The van der Waals surface area contributed by atoms with Crippen LogP contribution in [-0.4, -0.2) is 22.2 Å². The Morgan fingerprint density at radius 3 is 2.69 bits per heavy atom. The molecular weight excluding hydrogens is 217 g/mol. The van der Waals surface area contributed by atoms with E-state index in [1.807, 2.05) is 0 Å². The minimum absolute atomic E-state index is 0.0116. The van der Waals surface area contributed by atoms with Crippen LogP contribution in [0.2, 0.25) is 0 Å². The first-order valence-corrected chi connectivity index (χ1v) is 4.85. The van der Waals surface area contributed by atoms with E-state index in [1.54, 1.807) is 0 Å². The Labute approximate surface area is 90.6 Å². The third-order valence-electron chi connectivity index (χ3n) is 2.49. The summed E-state index contributed by atoms with van der Waals surface area (Å²) in [5.41, 5.74) is -0.307. The van der Waals surface area contributed by atoms with E-state index in [0.29, 0.717) is 12.8 Å². The predicted molar refractivity (Wildman–Crippen MR) is 52.7 cm³/mol. The maximum absolute atomic E-state index is 13.3. The number of aliphatic hydroxyl groups excluding tert-OH is 1. The summed E-state index contributed by atoms with van der Waals surface area (Å²) in [6, 6.07) is 3.25. The zero-order chi connectivity index (χ0) is 11.7. The van der Waals surface area contributed by atoms with Crippen molar-refractivity contribution in [2.45, 2.75) is 25.0 Å². The minimum atomic E-state index is -0.754. The Balaban J connectivity index is 2.07. The Hall–Kier alpha value is -1.69. The van der Waals surface area contributed by atoms with Crippen LogP contribution in [0.25, 0.3) is 0 Å². The lowest BCUT2D eigenvalue weighted by molar-refractivity contribution is -0.385. The van der Waals surface area contributed by atoms with Gasteiger partial charge in [-0.15, -0.1) is 0 Å². The summed E-state index contributed by atoms with van der Waals surface area (Å²) >= 11 is 0. The van der Waals surface area contributed by atoms with Crippen molar-refractivity contribution < 1.29 is 19.2 Å². The molecular formula is C10H10FNO4. The lowest BCUT2D eigenvalue weighted by atomic mass is 9.92. The third kappa shape index (κ3) is 2.11. The van der Waals surface area contributed by atoms with Gasteiger partial charge in [-0.1, -0.05) is 0 Å². The van der Waals surface area contributed by atoms with Crippen molar-refractivity contribution in [3.63, 3.8) is 0 Å². The lowest BCUT2D eigenvalue weighted by Gasteiger charge is -2.31. The van der Waals surface area contributed by atoms with Crippen LogP contribution in [0, 0.1) is 15.9 Å². The number of rotatable bonds is 3. The van der Waals surface area contributed by atoms with Gasteiger partial charge in [0.2, 0.25) is 0 Å². The zero-order valence-electron chi connectivity index (χ0n) is 8.30. The van der Waals surface area contributed by atoms with Crippen LogP contribution in [0.15, 0.2) is 18.2 Å². The molecule has 0 amide bonds. The van der Waals surface area contributed by atoms with E-state index < -0.39 is 10.7 Å². The molecule has 1 aromatic rings. The molecule has 0 saturated heterocycles. The number of nitro groups is 1. The smallest absolute Gasteiger partial charge is 0.272 e. The number of aliphatic hydroxyl groups is 1. The summed E-state index contributed by atoms with van der Waals surface area (Å²) in [6.07, 6.45) is 0.351. The van der Waals surface area contributed by atoms with Crippen molar-refractivity contribution in [2.75, 3.05) is 0 Å². The van der Waals surface area contributed by atoms with Crippen LogP contribution >= 0.6 is 0 Å². The molecule has 0 bridgehead atoms. The summed E-state index contributed by atoms with van der Waals surface area (Å²) in [5, 5.41) is 19.4. The zero-order valence-corrected chi connectivity index (χ0v) is 8.30. The second-order valence-electron chi connectivity index (χ2n) is 3.74. The lowest BCUT2D eigenvalue weighted by Crippen LogP contribution is -2.37. The van der Waals surface area contributed by atoms with E-state index in [-0.39, 0.29) is 23.6 Å². The van der Waals surface area contributed by atoms with Crippen LogP contribution in [0.1, 0.15) is 12.8 Å². The average Bonchev–Trinajstić information content (AvgIpc) is 2.18. The van der Waals surface area contributed by atoms with Gasteiger partial charge in [-0.05, 0) is 6.07 Å². The molecule has 0 radical (unpaired) electrons. The first-order valence-electron chi connectivity index (χ1n) is 4.85. The van der Waals surface area contributed by atoms with E-state index >= 15 is 0 Å². The first-order chi connectivity index (χ1) is 7.56. The van der Waals surface area contributed by atoms with Gasteiger partial charge in [0.15, 0.2) is 11.6 Å². The molecule has 1 aliphatic rings. The fourth-order valence-corrected chi connectivity index (χ4v) is 1.51. The Bertz CT molecular complexity index is 417. The molecule has 0 spiro atoms. The number of hydrogen-bond acceptors (Lipinski definition) is 4. The molecule has 6 heteroatoms. The molecule has 0 atom stereocenters. The molecule has 0 heterocycles. The topological polar surface area (TPSA) is 72.6 Å². The van der Waals surface area contributed by atoms with Crippen LogP contribution < -0.4 is 4.74 Å². The van der Waals surface area contributed by atoms with E-state index in [1.165, 1.54) is 12.1 Å².